The predicted molar refractivity (Wildman–Crippen MR) is 90.2 cm³/mol. The van der Waals surface area contributed by atoms with E-state index in [0.29, 0.717) is 6.54 Å². The zero-order valence-corrected chi connectivity index (χ0v) is 13.3. The minimum absolute atomic E-state index is 0.0717. The fourth-order valence-corrected chi connectivity index (χ4v) is 2.34. The van der Waals surface area contributed by atoms with Crippen molar-refractivity contribution in [1.29, 1.82) is 0 Å². The zero-order chi connectivity index (χ0) is 16.5. The number of nitrogens with zero attached hydrogens (tertiary/aromatic N) is 1. The van der Waals surface area contributed by atoms with Crippen LogP contribution >= 0.6 is 0 Å². The van der Waals surface area contributed by atoms with Gasteiger partial charge in [0.05, 0.1) is 13.5 Å². The Balaban J connectivity index is 2.06. The summed E-state index contributed by atoms with van der Waals surface area (Å²) in [7, 11) is 1.33. The van der Waals surface area contributed by atoms with Gasteiger partial charge in [-0.1, -0.05) is 48.5 Å². The van der Waals surface area contributed by atoms with Crippen molar-refractivity contribution in [3.8, 4) is 0 Å². The number of rotatable bonds is 7. The van der Waals surface area contributed by atoms with Crippen molar-refractivity contribution in [2.75, 3.05) is 18.6 Å². The number of amides is 1. The van der Waals surface area contributed by atoms with Crippen molar-refractivity contribution in [1.82, 2.24) is 0 Å². The molecule has 4 heteroatoms. The normalized spacial score (nSPS) is 10.1. The lowest BCUT2D eigenvalue weighted by molar-refractivity contribution is -0.141. The van der Waals surface area contributed by atoms with E-state index in [-0.39, 0.29) is 24.7 Å². The van der Waals surface area contributed by atoms with Gasteiger partial charge in [0.25, 0.3) is 0 Å². The average Bonchev–Trinajstić information content (AvgIpc) is 2.61. The van der Waals surface area contributed by atoms with Gasteiger partial charge in [0.15, 0.2) is 0 Å². The number of carbonyl (C=O) groups excluding carboxylic acids is 2. The summed E-state index contributed by atoms with van der Waals surface area (Å²) >= 11 is 0. The fourth-order valence-electron chi connectivity index (χ4n) is 2.34. The van der Waals surface area contributed by atoms with Gasteiger partial charge >= 0.3 is 5.97 Å². The number of esters is 1. The lowest BCUT2D eigenvalue weighted by Gasteiger charge is -2.23. The van der Waals surface area contributed by atoms with Gasteiger partial charge in [-0.3, -0.25) is 9.59 Å². The summed E-state index contributed by atoms with van der Waals surface area (Å²) < 4.78 is 4.61. The quantitative estimate of drug-likeness (QED) is 0.738. The lowest BCUT2D eigenvalue weighted by atomic mass is 10.1. The molecule has 0 fully saturated rings. The summed E-state index contributed by atoms with van der Waals surface area (Å²) in [6.07, 6.45) is 1.01. The number of ether oxygens (including phenoxy) is 1. The van der Waals surface area contributed by atoms with Crippen molar-refractivity contribution in [3.05, 3.63) is 66.2 Å². The fraction of sp³-hybridized carbons (Fsp3) is 0.263. The molecule has 0 N–H and O–H groups in total. The van der Waals surface area contributed by atoms with E-state index in [1.807, 2.05) is 60.7 Å². The molecule has 1 amide bonds. The number of methoxy groups -OCH3 is 1. The Labute approximate surface area is 136 Å². The van der Waals surface area contributed by atoms with Gasteiger partial charge in [0, 0.05) is 18.7 Å². The number of anilines is 1. The maximum Gasteiger partial charge on any atom is 0.306 e. The van der Waals surface area contributed by atoms with Crippen molar-refractivity contribution in [3.63, 3.8) is 0 Å². The van der Waals surface area contributed by atoms with Gasteiger partial charge < -0.3 is 9.64 Å². The van der Waals surface area contributed by atoms with Crippen LogP contribution in [-0.2, 0) is 20.7 Å². The summed E-state index contributed by atoms with van der Waals surface area (Å²) in [5.74, 6) is -0.438. The standard InChI is InChI=1S/C19H21NO3/c1-23-19(22)13-12-18(21)20(17-10-6-3-7-11-17)15-14-16-8-4-2-5-9-16/h2-11H,12-15H2,1H3. The molecule has 0 unspecified atom stereocenters. The first kappa shape index (κ1) is 16.7. The van der Waals surface area contributed by atoms with E-state index in [4.69, 9.17) is 0 Å². The summed E-state index contributed by atoms with van der Waals surface area (Å²) in [4.78, 5) is 25.5. The van der Waals surface area contributed by atoms with Crippen molar-refractivity contribution < 1.29 is 14.3 Å². The minimum Gasteiger partial charge on any atom is -0.469 e. The molecule has 120 valence electrons. The third-order valence-electron chi connectivity index (χ3n) is 3.61. The van der Waals surface area contributed by atoms with Crippen molar-refractivity contribution in [2.45, 2.75) is 19.3 Å². The van der Waals surface area contributed by atoms with Crippen molar-refractivity contribution in [2.24, 2.45) is 0 Å². The zero-order valence-electron chi connectivity index (χ0n) is 13.3. The van der Waals surface area contributed by atoms with Crippen LogP contribution in [0.1, 0.15) is 18.4 Å². The molecular formula is C19H21NO3. The third-order valence-corrected chi connectivity index (χ3v) is 3.61. The second-order valence-electron chi connectivity index (χ2n) is 5.19. The SMILES string of the molecule is COC(=O)CCC(=O)N(CCc1ccccc1)c1ccccc1. The van der Waals surface area contributed by atoms with Crippen LogP contribution in [0.3, 0.4) is 0 Å². The molecule has 4 nitrogen and oxygen atoms in total. The van der Waals surface area contributed by atoms with E-state index < -0.39 is 0 Å². The molecule has 0 aliphatic carbocycles. The van der Waals surface area contributed by atoms with Crippen LogP contribution in [0.4, 0.5) is 5.69 Å². The molecule has 0 radical (unpaired) electrons. The highest BCUT2D eigenvalue weighted by molar-refractivity contribution is 5.94. The Morgan fingerprint density at radius 1 is 0.913 bits per heavy atom. The van der Waals surface area contributed by atoms with Crippen LogP contribution in [0.2, 0.25) is 0 Å². The van der Waals surface area contributed by atoms with Crippen molar-refractivity contribution >= 4 is 17.6 Å². The van der Waals surface area contributed by atoms with Crippen LogP contribution in [0, 0.1) is 0 Å². The van der Waals surface area contributed by atoms with Crippen LogP contribution in [0.5, 0.6) is 0 Å². The Kier molecular flexibility index (Phi) is 6.36. The molecule has 0 aromatic heterocycles. The van der Waals surface area contributed by atoms with Crippen LogP contribution in [0.25, 0.3) is 0 Å². The number of hydrogen-bond acceptors (Lipinski definition) is 3. The van der Waals surface area contributed by atoms with Gasteiger partial charge in [-0.05, 0) is 24.1 Å². The Hall–Kier alpha value is -2.62. The van der Waals surface area contributed by atoms with Gasteiger partial charge in [0.2, 0.25) is 5.91 Å². The van der Waals surface area contributed by atoms with E-state index >= 15 is 0 Å². The van der Waals surface area contributed by atoms with Crippen LogP contribution in [-0.4, -0.2) is 25.5 Å². The molecule has 0 aliphatic heterocycles. The molecule has 0 saturated heterocycles. The average molecular weight is 311 g/mol. The third kappa shape index (κ3) is 5.25. The molecule has 0 atom stereocenters. The Morgan fingerprint density at radius 3 is 2.13 bits per heavy atom. The molecule has 0 saturated carbocycles. The number of carbonyl (C=O) groups is 2. The van der Waals surface area contributed by atoms with Gasteiger partial charge in [-0.2, -0.15) is 0 Å². The van der Waals surface area contributed by atoms with E-state index in [1.165, 1.54) is 12.7 Å². The minimum atomic E-state index is -0.366. The van der Waals surface area contributed by atoms with E-state index in [0.717, 1.165) is 12.1 Å². The maximum atomic E-state index is 12.5. The lowest BCUT2D eigenvalue weighted by Crippen LogP contribution is -2.33. The second-order valence-corrected chi connectivity index (χ2v) is 5.19. The van der Waals surface area contributed by atoms with Crippen LogP contribution in [0.15, 0.2) is 60.7 Å². The van der Waals surface area contributed by atoms with Crippen LogP contribution < -0.4 is 4.90 Å². The number of hydrogen-bond donors (Lipinski definition) is 0. The first-order valence-corrected chi connectivity index (χ1v) is 7.67. The van der Waals surface area contributed by atoms with Gasteiger partial charge in [-0.25, -0.2) is 0 Å². The summed E-state index contributed by atoms with van der Waals surface area (Å²) in [5.41, 5.74) is 2.02. The second kappa shape index (κ2) is 8.73. The topological polar surface area (TPSA) is 46.6 Å². The van der Waals surface area contributed by atoms with E-state index in [9.17, 15) is 9.59 Å². The van der Waals surface area contributed by atoms with E-state index in [2.05, 4.69) is 4.74 Å². The molecule has 2 aromatic carbocycles. The highest BCUT2D eigenvalue weighted by Gasteiger charge is 2.17. The molecule has 2 rings (SSSR count). The monoisotopic (exact) mass is 311 g/mol. The molecule has 2 aromatic rings. The van der Waals surface area contributed by atoms with E-state index in [1.54, 1.807) is 4.90 Å². The molecule has 23 heavy (non-hydrogen) atoms. The Bertz CT molecular complexity index is 626. The molecule has 0 heterocycles. The molecule has 0 spiro atoms. The highest BCUT2D eigenvalue weighted by atomic mass is 16.5. The smallest absolute Gasteiger partial charge is 0.306 e. The predicted octanol–water partition coefficient (Wildman–Crippen LogP) is 3.22. The number of para-hydroxylation sites is 1. The Morgan fingerprint density at radius 2 is 1.52 bits per heavy atom. The summed E-state index contributed by atoms with van der Waals surface area (Å²) in [6.45, 7) is 0.577. The molecule has 0 bridgehead atoms. The number of benzene rings is 2. The highest BCUT2D eigenvalue weighted by Crippen LogP contribution is 2.16. The molecule has 0 aliphatic rings. The maximum absolute atomic E-state index is 12.5. The van der Waals surface area contributed by atoms with Gasteiger partial charge in [0.1, 0.15) is 0 Å². The molecular weight excluding hydrogens is 290 g/mol. The summed E-state index contributed by atoms with van der Waals surface area (Å²) in [5, 5.41) is 0. The first-order chi connectivity index (χ1) is 11.2. The first-order valence-electron chi connectivity index (χ1n) is 7.67. The summed E-state index contributed by atoms with van der Waals surface area (Å²) in [6, 6.07) is 19.6. The van der Waals surface area contributed by atoms with Gasteiger partial charge in [-0.15, -0.1) is 0 Å². The largest absolute Gasteiger partial charge is 0.469 e.